The minimum atomic E-state index is -1.56. The van der Waals surface area contributed by atoms with E-state index >= 15 is 0 Å². The van der Waals surface area contributed by atoms with Crippen LogP contribution in [0.1, 0.15) is 44.7 Å². The molecule has 1 aliphatic carbocycles. The largest absolute Gasteiger partial charge is 0.369 e. The molecule has 160 valence electrons. The van der Waals surface area contributed by atoms with Gasteiger partial charge in [-0.15, -0.1) is 0 Å². The van der Waals surface area contributed by atoms with Crippen molar-refractivity contribution >= 4 is 45.1 Å². The Labute approximate surface area is 187 Å². The van der Waals surface area contributed by atoms with Crippen molar-refractivity contribution in [1.29, 1.82) is 0 Å². The van der Waals surface area contributed by atoms with E-state index in [1.165, 1.54) is 0 Å². The Bertz CT molecular complexity index is 1280. The number of H-pyrrole nitrogens is 1. The number of nitrogens with two attached hydrogens (primary N) is 1. The number of aromatic nitrogens is 2. The van der Waals surface area contributed by atoms with Crippen LogP contribution in [0.4, 0.5) is 17.5 Å². The second-order valence-electron chi connectivity index (χ2n) is 9.06. The molecular weight excluding hydrogens is 462 g/mol. The van der Waals surface area contributed by atoms with Gasteiger partial charge in [-0.05, 0) is 37.0 Å². The van der Waals surface area contributed by atoms with Crippen LogP contribution in [0.25, 0.3) is 0 Å². The predicted molar refractivity (Wildman–Crippen MR) is 121 cm³/mol. The molecule has 4 N–H and O–H groups in total. The van der Waals surface area contributed by atoms with Crippen LogP contribution in [0.5, 0.6) is 0 Å². The molecule has 8 nitrogen and oxygen atoms in total. The Morgan fingerprint density at radius 3 is 2.68 bits per heavy atom. The molecule has 0 fully saturated rings. The van der Waals surface area contributed by atoms with E-state index < -0.39 is 11.0 Å². The lowest BCUT2D eigenvalue weighted by Gasteiger charge is -2.42. The van der Waals surface area contributed by atoms with Crippen molar-refractivity contribution < 1.29 is 9.59 Å². The van der Waals surface area contributed by atoms with Crippen molar-refractivity contribution in [2.24, 2.45) is 5.41 Å². The molecule has 0 radical (unpaired) electrons. The van der Waals surface area contributed by atoms with E-state index in [-0.39, 0.29) is 40.9 Å². The number of halogens is 1. The maximum atomic E-state index is 14.1. The normalized spacial score (nSPS) is 23.5. The number of aromatic amines is 1. The lowest BCUT2D eigenvalue weighted by Crippen LogP contribution is -2.52. The van der Waals surface area contributed by atoms with Gasteiger partial charge in [-0.25, -0.2) is 0 Å². The van der Waals surface area contributed by atoms with Gasteiger partial charge in [-0.3, -0.25) is 19.4 Å². The number of ketones is 1. The molecule has 1 atom stereocenters. The van der Waals surface area contributed by atoms with Crippen molar-refractivity contribution in [3.63, 3.8) is 0 Å². The molecule has 1 aromatic heterocycles. The van der Waals surface area contributed by atoms with Gasteiger partial charge in [0.15, 0.2) is 5.78 Å². The number of amides is 1. The Balaban J connectivity index is 1.97. The van der Waals surface area contributed by atoms with Crippen molar-refractivity contribution in [3.8, 4) is 0 Å². The maximum Gasteiger partial charge on any atom is 0.259 e. The number of hydrogen-bond acceptors (Lipinski definition) is 6. The van der Waals surface area contributed by atoms with Crippen LogP contribution in [0.15, 0.2) is 38.7 Å². The Kier molecular flexibility index (Phi) is 4.05. The number of nitrogens with zero attached hydrogens (tertiary/aromatic N) is 2. The molecule has 5 rings (SSSR count). The van der Waals surface area contributed by atoms with Gasteiger partial charge in [0.2, 0.25) is 11.9 Å². The van der Waals surface area contributed by atoms with E-state index in [1.807, 2.05) is 39.0 Å². The van der Waals surface area contributed by atoms with Crippen molar-refractivity contribution in [2.75, 3.05) is 22.5 Å². The number of nitrogens with one attached hydrogen (secondary N) is 2. The number of allylic oxidation sites excluding steroid dienone is 1. The molecule has 0 saturated carbocycles. The number of carbonyl (C=O) groups is 2. The maximum absolute atomic E-state index is 14.1. The molecule has 0 bridgehead atoms. The quantitative estimate of drug-likeness (QED) is 0.573. The van der Waals surface area contributed by atoms with Gasteiger partial charge in [0, 0.05) is 40.0 Å². The van der Waals surface area contributed by atoms with Crippen LogP contribution < -0.4 is 21.5 Å². The number of rotatable bonds is 1. The second kappa shape index (κ2) is 6.29. The summed E-state index contributed by atoms with van der Waals surface area (Å²) in [5.74, 6) is -0.284. The monoisotopic (exact) mass is 483 g/mol. The summed E-state index contributed by atoms with van der Waals surface area (Å²) in [7, 11) is 0. The zero-order chi connectivity index (χ0) is 22.3. The number of Topliss-reactive ketones (excluding diaryl/α,β-unsaturated/α-hetero) is 1. The third-order valence-electron chi connectivity index (χ3n) is 6.37. The van der Waals surface area contributed by atoms with Crippen molar-refractivity contribution in [2.45, 2.75) is 39.0 Å². The summed E-state index contributed by atoms with van der Waals surface area (Å²) < 4.78 is 0.752. The topological polar surface area (TPSA) is 121 Å². The molecule has 1 unspecified atom stereocenters. The summed E-state index contributed by atoms with van der Waals surface area (Å²) in [6.45, 7) is 6.30. The number of fused-ring (bicyclic) bond motifs is 5. The fraction of sp³-hybridized carbons (Fsp3) is 0.364. The first-order chi connectivity index (χ1) is 14.6. The van der Waals surface area contributed by atoms with Gasteiger partial charge in [0.25, 0.3) is 5.56 Å². The highest BCUT2D eigenvalue weighted by Gasteiger charge is 2.62. The first-order valence-corrected chi connectivity index (χ1v) is 11.0. The minimum absolute atomic E-state index is 0.0518. The Morgan fingerprint density at radius 2 is 1.97 bits per heavy atom. The number of likely N-dealkylation sites (N-methyl/N-ethyl adjacent to an activating group) is 1. The first kappa shape index (κ1) is 20.0. The van der Waals surface area contributed by atoms with Crippen LogP contribution in [-0.4, -0.2) is 28.2 Å². The zero-order valence-electron chi connectivity index (χ0n) is 17.4. The SMILES string of the molecule is CCN1C(=O)C2(C3=C(CC(C)(C)CC3=O)Nc3nc(N)[nH]c(=O)c32)c2cc(Br)ccc21. The van der Waals surface area contributed by atoms with E-state index in [4.69, 9.17) is 5.73 Å². The van der Waals surface area contributed by atoms with Gasteiger partial charge in [-0.2, -0.15) is 4.98 Å². The molecule has 31 heavy (non-hydrogen) atoms. The summed E-state index contributed by atoms with van der Waals surface area (Å²) in [6, 6.07) is 5.52. The molecule has 2 aromatic rings. The molecule has 2 aliphatic heterocycles. The lowest BCUT2D eigenvalue weighted by atomic mass is 9.61. The lowest BCUT2D eigenvalue weighted by molar-refractivity contribution is -0.125. The van der Waals surface area contributed by atoms with Crippen LogP contribution >= 0.6 is 15.9 Å². The summed E-state index contributed by atoms with van der Waals surface area (Å²) in [6.07, 6.45) is 0.833. The third kappa shape index (κ3) is 2.52. The summed E-state index contributed by atoms with van der Waals surface area (Å²) in [5.41, 5.74) is 5.83. The highest BCUT2D eigenvalue weighted by Crippen LogP contribution is 2.57. The number of benzene rings is 1. The van der Waals surface area contributed by atoms with E-state index in [0.717, 1.165) is 4.47 Å². The standard InChI is InChI=1S/C22H22BrN5O3/c1-4-28-13-6-5-10(23)7-11(13)22(19(28)31)15-12(8-21(2,3)9-14(15)29)25-17-16(22)18(30)27-20(24)26-17/h5-7H,4,8-9H2,1-3H3,(H4,24,25,26,27,30). The van der Waals surface area contributed by atoms with E-state index in [9.17, 15) is 14.4 Å². The summed E-state index contributed by atoms with van der Waals surface area (Å²) in [4.78, 5) is 49.5. The highest BCUT2D eigenvalue weighted by atomic mass is 79.9. The number of nitrogen functional groups attached to an aromatic ring is 1. The van der Waals surface area contributed by atoms with Gasteiger partial charge in [0.05, 0.1) is 5.56 Å². The summed E-state index contributed by atoms with van der Waals surface area (Å²) >= 11 is 3.50. The Hall–Kier alpha value is -2.94. The molecular formula is C22H22BrN5O3. The highest BCUT2D eigenvalue weighted by molar-refractivity contribution is 9.10. The molecule has 9 heteroatoms. The van der Waals surface area contributed by atoms with Gasteiger partial charge in [0.1, 0.15) is 11.2 Å². The molecule has 3 heterocycles. The smallest absolute Gasteiger partial charge is 0.259 e. The van der Waals surface area contributed by atoms with Crippen LogP contribution in [0, 0.1) is 5.41 Å². The number of hydrogen-bond donors (Lipinski definition) is 3. The summed E-state index contributed by atoms with van der Waals surface area (Å²) in [5, 5.41) is 3.18. The van der Waals surface area contributed by atoms with Crippen molar-refractivity contribution in [1.82, 2.24) is 9.97 Å². The molecule has 1 aromatic carbocycles. The van der Waals surface area contributed by atoms with Gasteiger partial charge < -0.3 is 16.0 Å². The predicted octanol–water partition coefficient (Wildman–Crippen LogP) is 2.84. The fourth-order valence-corrected chi connectivity index (χ4v) is 5.69. The van der Waals surface area contributed by atoms with Crippen molar-refractivity contribution in [3.05, 3.63) is 55.4 Å². The third-order valence-corrected chi connectivity index (χ3v) is 6.86. The minimum Gasteiger partial charge on any atom is -0.369 e. The van der Waals surface area contributed by atoms with E-state index in [0.29, 0.717) is 35.5 Å². The molecule has 0 saturated heterocycles. The van der Waals surface area contributed by atoms with E-state index in [2.05, 4.69) is 31.2 Å². The van der Waals surface area contributed by atoms with Crippen LogP contribution in [0.2, 0.25) is 0 Å². The average molecular weight is 484 g/mol. The second-order valence-corrected chi connectivity index (χ2v) is 9.97. The average Bonchev–Trinajstić information content (AvgIpc) is 2.88. The molecule has 3 aliphatic rings. The van der Waals surface area contributed by atoms with Gasteiger partial charge in [-0.1, -0.05) is 29.8 Å². The van der Waals surface area contributed by atoms with Crippen LogP contribution in [-0.2, 0) is 15.0 Å². The molecule has 1 amide bonds. The Morgan fingerprint density at radius 1 is 1.23 bits per heavy atom. The van der Waals surface area contributed by atoms with Gasteiger partial charge >= 0.3 is 0 Å². The van der Waals surface area contributed by atoms with E-state index in [1.54, 1.807) is 4.90 Å². The fourth-order valence-electron chi connectivity index (χ4n) is 5.33. The van der Waals surface area contributed by atoms with Crippen LogP contribution in [0.3, 0.4) is 0 Å². The molecule has 1 spiro atoms. The number of carbonyl (C=O) groups excluding carboxylic acids is 2. The zero-order valence-corrected chi connectivity index (χ0v) is 19.0. The number of anilines is 3. The first-order valence-electron chi connectivity index (χ1n) is 10.2.